The molecule has 1 aliphatic rings. The molecule has 3 rings (SSSR count). The first-order valence-electron chi connectivity index (χ1n) is 12.2. The molecular weight excluding hydrogens is 396 g/mol. The first-order valence-corrected chi connectivity index (χ1v) is 12.2. The number of nitrogens with one attached hydrogen (secondary N) is 2. The highest BCUT2D eigenvalue weighted by Crippen LogP contribution is 2.19. The topological polar surface area (TPSA) is 57.5 Å². The lowest BCUT2D eigenvalue weighted by atomic mass is 9.98. The average Bonchev–Trinajstić information content (AvgIpc) is 3.00. The van der Waals surface area contributed by atoms with Gasteiger partial charge in [-0.25, -0.2) is 4.99 Å². The molecule has 2 N–H and O–H groups in total. The second-order valence-corrected chi connectivity index (χ2v) is 9.50. The molecule has 0 amide bonds. The third-order valence-electron chi connectivity index (χ3n) is 6.59. The minimum atomic E-state index is 0.266. The summed E-state index contributed by atoms with van der Waals surface area (Å²) in [5.41, 5.74) is 6.32. The molecule has 1 unspecified atom stereocenters. The van der Waals surface area contributed by atoms with Crippen molar-refractivity contribution >= 4 is 5.96 Å². The Morgan fingerprint density at radius 2 is 1.94 bits per heavy atom. The predicted octanol–water partition coefficient (Wildman–Crippen LogP) is 3.96. The molecule has 1 aliphatic heterocycles. The molecule has 0 bridgehead atoms. The highest BCUT2D eigenvalue weighted by Gasteiger charge is 2.16. The summed E-state index contributed by atoms with van der Waals surface area (Å²) in [7, 11) is 2.01. The molecule has 32 heavy (non-hydrogen) atoms. The van der Waals surface area contributed by atoms with E-state index in [0.29, 0.717) is 6.54 Å². The summed E-state index contributed by atoms with van der Waals surface area (Å²) in [4.78, 5) is 7.45. The first-order chi connectivity index (χ1) is 15.4. The van der Waals surface area contributed by atoms with Crippen LogP contribution in [0.1, 0.15) is 61.7 Å². The van der Waals surface area contributed by atoms with Crippen molar-refractivity contribution in [1.29, 1.82) is 0 Å². The lowest BCUT2D eigenvalue weighted by Crippen LogP contribution is -2.43. The molecule has 0 spiro atoms. The van der Waals surface area contributed by atoms with E-state index in [1.165, 1.54) is 48.3 Å². The Bertz CT molecular complexity index is 892. The molecule has 6 heteroatoms. The van der Waals surface area contributed by atoms with Crippen molar-refractivity contribution in [3.05, 3.63) is 52.3 Å². The fourth-order valence-corrected chi connectivity index (χ4v) is 4.50. The number of nitrogens with zero attached hydrogens (tertiary/aromatic N) is 4. The van der Waals surface area contributed by atoms with E-state index in [1.807, 2.05) is 11.7 Å². The minimum absolute atomic E-state index is 0.266. The third kappa shape index (κ3) is 6.83. The lowest BCUT2D eigenvalue weighted by molar-refractivity contribution is 0.185. The van der Waals surface area contributed by atoms with Crippen LogP contribution in [-0.4, -0.2) is 46.3 Å². The summed E-state index contributed by atoms with van der Waals surface area (Å²) in [5.74, 6) is 1.74. The summed E-state index contributed by atoms with van der Waals surface area (Å²) < 4.78 is 1.97. The maximum atomic E-state index is 4.87. The van der Waals surface area contributed by atoms with Gasteiger partial charge >= 0.3 is 0 Å². The van der Waals surface area contributed by atoms with Crippen LogP contribution in [0.3, 0.4) is 0 Å². The van der Waals surface area contributed by atoms with Crippen molar-refractivity contribution in [3.63, 3.8) is 0 Å². The van der Waals surface area contributed by atoms with Gasteiger partial charge in [-0.1, -0.05) is 31.2 Å². The zero-order chi connectivity index (χ0) is 23.1. The second kappa shape index (κ2) is 11.5. The first kappa shape index (κ1) is 24.3. The normalized spacial score (nSPS) is 16.9. The number of guanidine groups is 1. The number of aromatic nitrogens is 2. The Kier molecular flexibility index (Phi) is 8.74. The highest BCUT2D eigenvalue weighted by atomic mass is 15.3. The average molecular weight is 439 g/mol. The van der Waals surface area contributed by atoms with Crippen LogP contribution in [0.2, 0.25) is 0 Å². The zero-order valence-corrected chi connectivity index (χ0v) is 20.9. The van der Waals surface area contributed by atoms with Gasteiger partial charge in [-0.05, 0) is 82.7 Å². The van der Waals surface area contributed by atoms with Crippen molar-refractivity contribution in [2.75, 3.05) is 19.6 Å². The molecule has 2 aromatic rings. The van der Waals surface area contributed by atoms with Crippen molar-refractivity contribution in [1.82, 2.24) is 25.3 Å². The van der Waals surface area contributed by atoms with Crippen LogP contribution in [0, 0.1) is 19.8 Å². The molecule has 1 aromatic heterocycles. The number of piperidine rings is 1. The summed E-state index contributed by atoms with van der Waals surface area (Å²) >= 11 is 0. The Hall–Kier alpha value is -2.34. The number of hydrogen-bond acceptors (Lipinski definition) is 3. The lowest BCUT2D eigenvalue weighted by Gasteiger charge is -2.30. The number of rotatable bonds is 8. The molecule has 2 heterocycles. The van der Waals surface area contributed by atoms with E-state index in [-0.39, 0.29) is 6.04 Å². The quantitative estimate of drug-likeness (QED) is 0.484. The summed E-state index contributed by atoms with van der Waals surface area (Å²) in [5, 5.41) is 11.5. The van der Waals surface area contributed by atoms with Crippen LogP contribution in [0.25, 0.3) is 0 Å². The molecule has 1 saturated heterocycles. The maximum Gasteiger partial charge on any atom is 0.191 e. The van der Waals surface area contributed by atoms with E-state index in [9.17, 15) is 0 Å². The summed E-state index contributed by atoms with van der Waals surface area (Å²) in [6, 6.07) is 9.18. The molecular formula is C26H42N6. The summed E-state index contributed by atoms with van der Waals surface area (Å²) in [6.45, 7) is 15.9. The number of likely N-dealkylation sites (tertiary alicyclic amines) is 1. The van der Waals surface area contributed by atoms with Gasteiger partial charge in [-0.15, -0.1) is 0 Å². The fraction of sp³-hybridized carbons (Fsp3) is 0.615. The minimum Gasteiger partial charge on any atom is -0.357 e. The Morgan fingerprint density at radius 3 is 2.59 bits per heavy atom. The second-order valence-electron chi connectivity index (χ2n) is 9.50. The van der Waals surface area contributed by atoms with Gasteiger partial charge in [0.2, 0.25) is 0 Å². The smallest absolute Gasteiger partial charge is 0.191 e. The molecule has 1 atom stereocenters. The fourth-order valence-electron chi connectivity index (χ4n) is 4.50. The molecule has 176 valence electrons. The molecule has 6 nitrogen and oxygen atoms in total. The van der Waals surface area contributed by atoms with Crippen LogP contribution >= 0.6 is 0 Å². The van der Waals surface area contributed by atoms with Crippen LogP contribution in [0.15, 0.2) is 29.3 Å². The number of aryl methyl sites for hydroxylation is 2. The van der Waals surface area contributed by atoms with Crippen LogP contribution in [0.4, 0.5) is 0 Å². The highest BCUT2D eigenvalue weighted by molar-refractivity contribution is 5.80. The van der Waals surface area contributed by atoms with Crippen molar-refractivity contribution in [2.45, 2.75) is 73.0 Å². The van der Waals surface area contributed by atoms with E-state index in [1.54, 1.807) is 0 Å². The van der Waals surface area contributed by atoms with E-state index in [4.69, 9.17) is 4.99 Å². The SMILES string of the molecule is CCNC(=NCc1cccc(CN2CCC(C)CC2)c1)NC(C)Cc1c(C)nn(C)c1C. The van der Waals surface area contributed by atoms with Crippen LogP contribution < -0.4 is 10.6 Å². The van der Waals surface area contributed by atoms with Crippen LogP contribution in [0.5, 0.6) is 0 Å². The van der Waals surface area contributed by atoms with E-state index in [2.05, 4.69) is 79.5 Å². The van der Waals surface area contributed by atoms with E-state index < -0.39 is 0 Å². The van der Waals surface area contributed by atoms with Gasteiger partial charge in [0.05, 0.1) is 12.2 Å². The number of aliphatic imine (C=N–C) groups is 1. The Labute approximate surface area is 194 Å². The van der Waals surface area contributed by atoms with Gasteiger partial charge in [0.1, 0.15) is 0 Å². The van der Waals surface area contributed by atoms with Crippen molar-refractivity contribution < 1.29 is 0 Å². The van der Waals surface area contributed by atoms with Gasteiger partial charge in [0.25, 0.3) is 0 Å². The van der Waals surface area contributed by atoms with Crippen LogP contribution in [-0.2, 0) is 26.6 Å². The number of benzene rings is 1. The Morgan fingerprint density at radius 1 is 1.22 bits per heavy atom. The van der Waals surface area contributed by atoms with Gasteiger partial charge in [-0.2, -0.15) is 5.10 Å². The standard InChI is InChI=1S/C26H42N6/c1-7-27-26(29-20(3)15-25-21(4)30-31(6)22(25)5)28-17-23-9-8-10-24(16-23)18-32-13-11-19(2)12-14-32/h8-10,16,19-20H,7,11-15,17-18H2,1-6H3,(H2,27,28,29). The van der Waals surface area contributed by atoms with Gasteiger partial charge in [0.15, 0.2) is 5.96 Å². The Balaban J connectivity index is 1.59. The third-order valence-corrected chi connectivity index (χ3v) is 6.59. The largest absolute Gasteiger partial charge is 0.357 e. The zero-order valence-electron chi connectivity index (χ0n) is 20.9. The van der Waals surface area contributed by atoms with Gasteiger partial charge in [0, 0.05) is 31.9 Å². The monoisotopic (exact) mass is 438 g/mol. The summed E-state index contributed by atoms with van der Waals surface area (Å²) in [6.07, 6.45) is 3.57. The molecule has 1 fully saturated rings. The molecule has 0 aliphatic carbocycles. The van der Waals surface area contributed by atoms with Crippen molar-refractivity contribution in [2.24, 2.45) is 18.0 Å². The van der Waals surface area contributed by atoms with Gasteiger partial charge < -0.3 is 10.6 Å². The molecule has 1 aromatic carbocycles. The maximum absolute atomic E-state index is 4.87. The molecule has 0 saturated carbocycles. The molecule has 0 radical (unpaired) electrons. The van der Waals surface area contributed by atoms with E-state index >= 15 is 0 Å². The van der Waals surface area contributed by atoms with Gasteiger partial charge in [-0.3, -0.25) is 9.58 Å². The predicted molar refractivity (Wildman–Crippen MR) is 134 cm³/mol. The van der Waals surface area contributed by atoms with E-state index in [0.717, 1.165) is 37.1 Å². The number of hydrogen-bond donors (Lipinski definition) is 2. The van der Waals surface area contributed by atoms with Crippen molar-refractivity contribution in [3.8, 4) is 0 Å².